The molecule has 2 N–H and O–H groups in total. The van der Waals surface area contributed by atoms with E-state index in [2.05, 4.69) is 0 Å². The molecule has 19 heavy (non-hydrogen) atoms. The minimum absolute atomic E-state index is 0.146. The van der Waals surface area contributed by atoms with Crippen molar-refractivity contribution >= 4 is 15.7 Å². The average molecular weight is 288 g/mol. The number of sulfonamides is 1. The molecule has 0 amide bonds. The van der Waals surface area contributed by atoms with Gasteiger partial charge in [0.1, 0.15) is 12.4 Å². The fourth-order valence-electron chi connectivity index (χ4n) is 1.38. The Balaban J connectivity index is 2.81. The van der Waals surface area contributed by atoms with Crippen LogP contribution in [-0.2, 0) is 14.8 Å². The maximum absolute atomic E-state index is 11.9. The van der Waals surface area contributed by atoms with Crippen molar-refractivity contribution < 1.29 is 17.9 Å². The summed E-state index contributed by atoms with van der Waals surface area (Å²) in [5, 5.41) is 0. The van der Waals surface area contributed by atoms with E-state index in [-0.39, 0.29) is 4.90 Å². The Hall–Kier alpha value is -1.31. The lowest BCUT2D eigenvalue weighted by molar-refractivity contribution is 0.110. The molecule has 108 valence electrons. The molecule has 0 aromatic heterocycles. The van der Waals surface area contributed by atoms with Crippen molar-refractivity contribution in [3.63, 3.8) is 0 Å². The lowest BCUT2D eigenvalue weighted by atomic mass is 10.3. The fourth-order valence-corrected chi connectivity index (χ4v) is 2.32. The number of nitrogen functional groups attached to an aromatic ring is 1. The third kappa shape index (κ3) is 4.09. The van der Waals surface area contributed by atoms with Gasteiger partial charge in [0, 0.05) is 20.7 Å². The Morgan fingerprint density at radius 3 is 2.47 bits per heavy atom. The summed E-state index contributed by atoms with van der Waals surface area (Å²) in [4.78, 5) is 0.146. The van der Waals surface area contributed by atoms with E-state index in [1.807, 2.05) is 6.92 Å². The Morgan fingerprint density at radius 2 is 1.95 bits per heavy atom. The predicted molar refractivity (Wildman–Crippen MR) is 73.7 cm³/mol. The Kier molecular flexibility index (Phi) is 5.59. The molecule has 0 radical (unpaired) electrons. The average Bonchev–Trinajstić information content (AvgIpc) is 2.35. The minimum atomic E-state index is -3.47. The zero-order chi connectivity index (χ0) is 14.5. The number of hydrogen-bond donors (Lipinski definition) is 1. The summed E-state index contributed by atoms with van der Waals surface area (Å²) in [5.74, 6) is 0.456. The number of anilines is 1. The van der Waals surface area contributed by atoms with Crippen molar-refractivity contribution in [2.75, 3.05) is 39.6 Å². The van der Waals surface area contributed by atoms with Crippen LogP contribution >= 0.6 is 0 Å². The molecule has 0 aliphatic rings. The highest BCUT2D eigenvalue weighted by atomic mass is 32.2. The van der Waals surface area contributed by atoms with Gasteiger partial charge in [-0.3, -0.25) is 0 Å². The van der Waals surface area contributed by atoms with Gasteiger partial charge < -0.3 is 15.2 Å². The first kappa shape index (κ1) is 15.7. The molecule has 0 spiro atoms. The maximum Gasteiger partial charge on any atom is 0.242 e. The van der Waals surface area contributed by atoms with Gasteiger partial charge in [-0.2, -0.15) is 0 Å². The molecule has 0 fully saturated rings. The van der Waals surface area contributed by atoms with Gasteiger partial charge in [-0.15, -0.1) is 0 Å². The van der Waals surface area contributed by atoms with E-state index in [0.717, 1.165) is 4.31 Å². The van der Waals surface area contributed by atoms with E-state index in [1.165, 1.54) is 26.2 Å². The number of nitrogens with zero attached hydrogens (tertiary/aromatic N) is 1. The van der Waals surface area contributed by atoms with E-state index in [4.69, 9.17) is 15.2 Å². The Bertz CT molecular complexity index is 514. The molecule has 1 aromatic carbocycles. The van der Waals surface area contributed by atoms with Crippen molar-refractivity contribution in [3.05, 3.63) is 18.2 Å². The van der Waals surface area contributed by atoms with Crippen LogP contribution < -0.4 is 10.5 Å². The monoisotopic (exact) mass is 288 g/mol. The Labute approximate surface area is 114 Å². The van der Waals surface area contributed by atoms with Gasteiger partial charge >= 0.3 is 0 Å². The van der Waals surface area contributed by atoms with Crippen LogP contribution in [0.2, 0.25) is 0 Å². The number of nitrogens with two attached hydrogens (primary N) is 1. The van der Waals surface area contributed by atoms with Crippen molar-refractivity contribution in [2.45, 2.75) is 11.8 Å². The highest BCUT2D eigenvalue weighted by Gasteiger charge is 2.18. The summed E-state index contributed by atoms with van der Waals surface area (Å²) in [6, 6.07) is 4.42. The van der Waals surface area contributed by atoms with Crippen molar-refractivity contribution in [3.8, 4) is 5.75 Å². The highest BCUT2D eigenvalue weighted by Crippen LogP contribution is 2.25. The van der Waals surface area contributed by atoms with Gasteiger partial charge in [0.2, 0.25) is 10.0 Å². The first-order valence-corrected chi connectivity index (χ1v) is 7.36. The van der Waals surface area contributed by atoms with E-state index < -0.39 is 10.0 Å². The third-order valence-electron chi connectivity index (χ3n) is 2.45. The number of rotatable bonds is 7. The molecular formula is C12H20N2O4S. The quantitative estimate of drug-likeness (QED) is 0.596. The zero-order valence-electron chi connectivity index (χ0n) is 11.4. The van der Waals surface area contributed by atoms with Crippen LogP contribution in [0.1, 0.15) is 6.92 Å². The molecule has 1 rings (SSSR count). The van der Waals surface area contributed by atoms with Crippen molar-refractivity contribution in [2.24, 2.45) is 0 Å². The normalized spacial score (nSPS) is 11.8. The van der Waals surface area contributed by atoms with E-state index >= 15 is 0 Å². The molecule has 0 saturated heterocycles. The van der Waals surface area contributed by atoms with E-state index in [1.54, 1.807) is 6.07 Å². The second kappa shape index (κ2) is 6.74. The second-order valence-electron chi connectivity index (χ2n) is 4.03. The van der Waals surface area contributed by atoms with Crippen molar-refractivity contribution in [1.82, 2.24) is 4.31 Å². The zero-order valence-corrected chi connectivity index (χ0v) is 12.2. The first-order chi connectivity index (χ1) is 8.89. The largest absolute Gasteiger partial charge is 0.489 e. The summed E-state index contributed by atoms with van der Waals surface area (Å²) >= 11 is 0. The molecule has 0 aliphatic heterocycles. The molecule has 0 unspecified atom stereocenters. The number of ether oxygens (including phenoxy) is 2. The summed E-state index contributed by atoms with van der Waals surface area (Å²) < 4.78 is 35.5. The molecule has 6 nitrogen and oxygen atoms in total. The van der Waals surface area contributed by atoms with Gasteiger partial charge in [-0.1, -0.05) is 0 Å². The van der Waals surface area contributed by atoms with Gasteiger partial charge in [0.05, 0.1) is 17.2 Å². The minimum Gasteiger partial charge on any atom is -0.489 e. The van der Waals surface area contributed by atoms with Gasteiger partial charge in [0.25, 0.3) is 0 Å². The number of hydrogen-bond acceptors (Lipinski definition) is 5. The standard InChI is InChI=1S/C12H20N2O4S/c1-4-17-7-8-18-12-6-5-10(9-11(12)13)19(15,16)14(2)3/h5-6,9H,4,7-8,13H2,1-3H3. The van der Waals surface area contributed by atoms with Crippen LogP contribution in [0, 0.1) is 0 Å². The molecule has 0 heterocycles. The van der Waals surface area contributed by atoms with Crippen LogP contribution in [0.4, 0.5) is 5.69 Å². The van der Waals surface area contributed by atoms with Crippen LogP contribution in [0.5, 0.6) is 5.75 Å². The summed E-state index contributed by atoms with van der Waals surface area (Å²) in [6.07, 6.45) is 0. The van der Waals surface area contributed by atoms with Crippen LogP contribution in [-0.4, -0.2) is 46.6 Å². The Morgan fingerprint density at radius 1 is 1.26 bits per heavy atom. The summed E-state index contributed by atoms with van der Waals surface area (Å²) in [7, 11) is -0.532. The lowest BCUT2D eigenvalue weighted by Crippen LogP contribution is -2.22. The molecule has 1 aromatic rings. The fraction of sp³-hybridized carbons (Fsp3) is 0.500. The molecule has 0 aliphatic carbocycles. The second-order valence-corrected chi connectivity index (χ2v) is 6.18. The van der Waals surface area contributed by atoms with Crippen molar-refractivity contribution in [1.29, 1.82) is 0 Å². The molecular weight excluding hydrogens is 268 g/mol. The van der Waals surface area contributed by atoms with E-state index in [0.29, 0.717) is 31.3 Å². The molecule has 7 heteroatoms. The smallest absolute Gasteiger partial charge is 0.242 e. The summed E-state index contributed by atoms with van der Waals surface area (Å²) in [6.45, 7) is 3.36. The third-order valence-corrected chi connectivity index (χ3v) is 4.26. The van der Waals surface area contributed by atoms with Gasteiger partial charge in [-0.25, -0.2) is 12.7 Å². The van der Waals surface area contributed by atoms with Gasteiger partial charge in [0.15, 0.2) is 0 Å². The van der Waals surface area contributed by atoms with Crippen LogP contribution in [0.15, 0.2) is 23.1 Å². The number of benzene rings is 1. The molecule has 0 atom stereocenters. The molecule has 0 saturated carbocycles. The molecule has 0 bridgehead atoms. The predicted octanol–water partition coefficient (Wildman–Crippen LogP) is 0.934. The van der Waals surface area contributed by atoms with Crippen LogP contribution in [0.3, 0.4) is 0 Å². The van der Waals surface area contributed by atoms with Crippen LogP contribution in [0.25, 0.3) is 0 Å². The SMILES string of the molecule is CCOCCOc1ccc(S(=O)(=O)N(C)C)cc1N. The lowest BCUT2D eigenvalue weighted by Gasteiger charge is -2.14. The highest BCUT2D eigenvalue weighted by molar-refractivity contribution is 7.89. The van der Waals surface area contributed by atoms with Gasteiger partial charge in [-0.05, 0) is 25.1 Å². The first-order valence-electron chi connectivity index (χ1n) is 5.92. The maximum atomic E-state index is 11.9. The summed E-state index contributed by atoms with van der Waals surface area (Å²) in [5.41, 5.74) is 6.08. The van der Waals surface area contributed by atoms with E-state index in [9.17, 15) is 8.42 Å². The topological polar surface area (TPSA) is 81.9 Å².